The largest absolute Gasteiger partial charge is 0.399 e. The number of aryl methyl sites for hydroxylation is 1. The zero-order valence-corrected chi connectivity index (χ0v) is 11.3. The van der Waals surface area contributed by atoms with Crippen molar-refractivity contribution < 1.29 is 4.39 Å². The van der Waals surface area contributed by atoms with Gasteiger partial charge in [0.15, 0.2) is 11.6 Å². The van der Waals surface area contributed by atoms with E-state index in [0.717, 1.165) is 41.3 Å². The van der Waals surface area contributed by atoms with Crippen LogP contribution < -0.4 is 5.73 Å². The molecule has 0 saturated carbocycles. The van der Waals surface area contributed by atoms with Gasteiger partial charge in [-0.3, -0.25) is 0 Å². The first-order chi connectivity index (χ1) is 10.2. The maximum absolute atomic E-state index is 13.5. The summed E-state index contributed by atoms with van der Waals surface area (Å²) in [5, 5.41) is 8.53. The van der Waals surface area contributed by atoms with Gasteiger partial charge in [0.05, 0.1) is 0 Å². The molecule has 0 fully saturated rings. The minimum atomic E-state index is -0.251. The number of halogens is 1. The van der Waals surface area contributed by atoms with Crippen molar-refractivity contribution in [2.45, 2.75) is 13.0 Å². The highest BCUT2D eigenvalue weighted by molar-refractivity contribution is 5.67. The van der Waals surface area contributed by atoms with Crippen LogP contribution in [0.3, 0.4) is 0 Å². The lowest BCUT2D eigenvalue weighted by atomic mass is 10.0. The zero-order chi connectivity index (χ0) is 14.4. The lowest BCUT2D eigenvalue weighted by Gasteiger charge is -2.18. The van der Waals surface area contributed by atoms with E-state index in [4.69, 9.17) is 5.73 Å². The van der Waals surface area contributed by atoms with Crippen LogP contribution in [0.4, 0.5) is 10.1 Å². The summed E-state index contributed by atoms with van der Waals surface area (Å²) in [5.74, 6) is 1.27. The molecule has 4 rings (SSSR count). The van der Waals surface area contributed by atoms with Gasteiger partial charge in [0, 0.05) is 23.4 Å². The van der Waals surface area contributed by atoms with E-state index < -0.39 is 0 Å². The number of hydrogen-bond donors (Lipinski definition) is 1. The molecule has 21 heavy (non-hydrogen) atoms. The van der Waals surface area contributed by atoms with Crippen LogP contribution in [0.25, 0.3) is 22.8 Å². The van der Waals surface area contributed by atoms with Gasteiger partial charge in [0.25, 0.3) is 0 Å². The van der Waals surface area contributed by atoms with Crippen LogP contribution in [0.1, 0.15) is 5.56 Å². The molecule has 0 radical (unpaired) electrons. The van der Waals surface area contributed by atoms with E-state index in [1.54, 1.807) is 0 Å². The van der Waals surface area contributed by atoms with Crippen LogP contribution in [0.15, 0.2) is 42.5 Å². The van der Waals surface area contributed by atoms with Gasteiger partial charge in [-0.2, -0.15) is 0 Å². The van der Waals surface area contributed by atoms with Gasteiger partial charge in [0.1, 0.15) is 5.82 Å². The van der Waals surface area contributed by atoms with Crippen LogP contribution in [-0.4, -0.2) is 14.8 Å². The maximum atomic E-state index is 13.5. The molecule has 1 aliphatic rings. The highest BCUT2D eigenvalue weighted by atomic mass is 19.1. The van der Waals surface area contributed by atoms with Crippen molar-refractivity contribution in [1.29, 1.82) is 0 Å². The standard InChI is InChI=1S/C16H13FN4/c17-12-4-1-10-7-8-21-15(11-2-5-13(18)6-3-11)19-20-16(21)14(10)9-12/h1-6,9H,7-8,18H2. The molecule has 3 aromatic rings. The molecule has 0 saturated heterocycles. The van der Waals surface area contributed by atoms with Crippen LogP contribution in [0.2, 0.25) is 0 Å². The number of nitrogens with zero attached hydrogens (tertiary/aromatic N) is 3. The van der Waals surface area contributed by atoms with E-state index in [0.29, 0.717) is 5.69 Å². The predicted molar refractivity (Wildman–Crippen MR) is 79.0 cm³/mol. The number of nitrogens with two attached hydrogens (primary N) is 1. The molecule has 4 nitrogen and oxygen atoms in total. The molecule has 5 heteroatoms. The normalized spacial score (nSPS) is 12.8. The van der Waals surface area contributed by atoms with Gasteiger partial charge in [-0.1, -0.05) is 6.07 Å². The molecular formula is C16H13FN4. The van der Waals surface area contributed by atoms with E-state index in [2.05, 4.69) is 10.2 Å². The van der Waals surface area contributed by atoms with Crippen molar-refractivity contribution in [2.75, 3.05) is 5.73 Å². The minimum absolute atomic E-state index is 0.251. The third-order valence-electron chi connectivity index (χ3n) is 3.84. The second-order valence-corrected chi connectivity index (χ2v) is 5.17. The summed E-state index contributed by atoms with van der Waals surface area (Å²) in [5.41, 5.74) is 9.33. The average molecular weight is 280 g/mol. The molecule has 0 aliphatic carbocycles. The Kier molecular flexibility index (Phi) is 2.54. The molecule has 2 aromatic carbocycles. The minimum Gasteiger partial charge on any atom is -0.399 e. The quantitative estimate of drug-likeness (QED) is 0.697. The van der Waals surface area contributed by atoms with Crippen LogP contribution >= 0.6 is 0 Å². The fourth-order valence-electron chi connectivity index (χ4n) is 2.77. The Morgan fingerprint density at radius 1 is 1.00 bits per heavy atom. The monoisotopic (exact) mass is 280 g/mol. The van der Waals surface area contributed by atoms with E-state index in [-0.39, 0.29) is 5.82 Å². The third-order valence-corrected chi connectivity index (χ3v) is 3.84. The van der Waals surface area contributed by atoms with Crippen LogP contribution in [0, 0.1) is 5.82 Å². The highest BCUT2D eigenvalue weighted by Crippen LogP contribution is 2.32. The number of hydrogen-bond acceptors (Lipinski definition) is 3. The second kappa shape index (κ2) is 4.41. The highest BCUT2D eigenvalue weighted by Gasteiger charge is 2.22. The summed E-state index contributed by atoms with van der Waals surface area (Å²) in [6.07, 6.45) is 0.850. The number of rotatable bonds is 1. The molecule has 2 heterocycles. The summed E-state index contributed by atoms with van der Waals surface area (Å²) in [4.78, 5) is 0. The Morgan fingerprint density at radius 3 is 2.57 bits per heavy atom. The van der Waals surface area contributed by atoms with Crippen molar-refractivity contribution in [3.8, 4) is 22.8 Å². The number of fused-ring (bicyclic) bond motifs is 3. The van der Waals surface area contributed by atoms with Crippen LogP contribution in [-0.2, 0) is 13.0 Å². The Bertz CT molecular complexity index is 821. The molecule has 0 amide bonds. The first-order valence-electron chi connectivity index (χ1n) is 6.80. The lowest BCUT2D eigenvalue weighted by Crippen LogP contribution is -2.12. The Balaban J connectivity index is 1.87. The van der Waals surface area contributed by atoms with Crippen molar-refractivity contribution in [3.05, 3.63) is 53.8 Å². The molecule has 1 aliphatic heterocycles. The number of aromatic nitrogens is 3. The lowest BCUT2D eigenvalue weighted by molar-refractivity contribution is 0.622. The van der Waals surface area contributed by atoms with E-state index >= 15 is 0 Å². The van der Waals surface area contributed by atoms with Gasteiger partial charge in [0.2, 0.25) is 0 Å². The molecule has 0 spiro atoms. The summed E-state index contributed by atoms with van der Waals surface area (Å²) >= 11 is 0. The first-order valence-corrected chi connectivity index (χ1v) is 6.80. The fourth-order valence-corrected chi connectivity index (χ4v) is 2.77. The molecular weight excluding hydrogens is 267 g/mol. The van der Waals surface area contributed by atoms with Gasteiger partial charge in [-0.25, -0.2) is 4.39 Å². The van der Waals surface area contributed by atoms with Crippen molar-refractivity contribution in [1.82, 2.24) is 14.8 Å². The van der Waals surface area contributed by atoms with Gasteiger partial charge in [-0.15, -0.1) is 10.2 Å². The van der Waals surface area contributed by atoms with Gasteiger partial charge < -0.3 is 10.3 Å². The summed E-state index contributed by atoms with van der Waals surface area (Å²) in [6.45, 7) is 0.792. The second-order valence-electron chi connectivity index (χ2n) is 5.17. The number of nitrogen functional groups attached to an aromatic ring is 1. The number of anilines is 1. The van der Waals surface area contributed by atoms with Gasteiger partial charge in [-0.05, 0) is 48.4 Å². The fraction of sp³-hybridized carbons (Fsp3) is 0.125. The van der Waals surface area contributed by atoms with Crippen molar-refractivity contribution >= 4 is 5.69 Å². The molecule has 1 aromatic heterocycles. The molecule has 104 valence electrons. The zero-order valence-electron chi connectivity index (χ0n) is 11.3. The van der Waals surface area contributed by atoms with Crippen molar-refractivity contribution in [3.63, 3.8) is 0 Å². The Morgan fingerprint density at radius 2 is 1.76 bits per heavy atom. The molecule has 0 atom stereocenters. The topological polar surface area (TPSA) is 56.7 Å². The van der Waals surface area contributed by atoms with E-state index in [9.17, 15) is 4.39 Å². The average Bonchev–Trinajstić information content (AvgIpc) is 2.92. The Hall–Kier alpha value is -2.69. The summed E-state index contributed by atoms with van der Waals surface area (Å²) in [6, 6.07) is 12.4. The number of benzene rings is 2. The maximum Gasteiger partial charge on any atom is 0.164 e. The van der Waals surface area contributed by atoms with E-state index in [1.807, 2.05) is 34.9 Å². The predicted octanol–water partition coefficient (Wildman–Crippen LogP) is 2.89. The smallest absolute Gasteiger partial charge is 0.164 e. The third kappa shape index (κ3) is 1.89. The Labute approximate surface area is 121 Å². The van der Waals surface area contributed by atoms with Crippen LogP contribution in [0.5, 0.6) is 0 Å². The van der Waals surface area contributed by atoms with E-state index in [1.165, 1.54) is 12.1 Å². The summed E-state index contributed by atoms with van der Waals surface area (Å²) in [7, 11) is 0. The molecule has 0 unspecified atom stereocenters. The SMILES string of the molecule is Nc1ccc(-c2nnc3n2CCc2ccc(F)cc2-3)cc1. The van der Waals surface area contributed by atoms with Crippen molar-refractivity contribution in [2.24, 2.45) is 0 Å². The molecule has 2 N–H and O–H groups in total. The van der Waals surface area contributed by atoms with Gasteiger partial charge >= 0.3 is 0 Å². The molecule has 0 bridgehead atoms. The summed E-state index contributed by atoms with van der Waals surface area (Å²) < 4.78 is 15.5. The first kappa shape index (κ1) is 12.1.